The van der Waals surface area contributed by atoms with Gasteiger partial charge in [0.25, 0.3) is 0 Å². The molecule has 2 rings (SSSR count). The van der Waals surface area contributed by atoms with Gasteiger partial charge in [0, 0.05) is 0 Å². The summed E-state index contributed by atoms with van der Waals surface area (Å²) in [6.45, 7) is 4.74. The van der Waals surface area contributed by atoms with Crippen molar-refractivity contribution >= 4 is 0 Å². The van der Waals surface area contributed by atoms with Crippen LogP contribution in [0.4, 0.5) is 0 Å². The molecule has 0 N–H and O–H groups in total. The molecule has 0 heterocycles. The van der Waals surface area contributed by atoms with Crippen LogP contribution in [-0.2, 0) is 0 Å². The minimum absolute atomic E-state index is 0.924. The van der Waals surface area contributed by atoms with E-state index in [0.717, 1.165) is 23.7 Å². The van der Waals surface area contributed by atoms with Crippen molar-refractivity contribution in [3.63, 3.8) is 0 Å². The first-order valence-electron chi connectivity index (χ1n) is 5.74. The van der Waals surface area contributed by atoms with Crippen molar-refractivity contribution in [1.29, 1.82) is 0 Å². The van der Waals surface area contributed by atoms with Crippen molar-refractivity contribution in [2.45, 2.75) is 52.4 Å². The van der Waals surface area contributed by atoms with Crippen LogP contribution in [0.2, 0.25) is 0 Å². The molecule has 3 atom stereocenters. The molecule has 70 valence electrons. The summed E-state index contributed by atoms with van der Waals surface area (Å²) in [5.74, 6) is 4.28. The van der Waals surface area contributed by atoms with E-state index in [4.69, 9.17) is 0 Å². The van der Waals surface area contributed by atoms with Crippen LogP contribution in [0.15, 0.2) is 0 Å². The summed E-state index contributed by atoms with van der Waals surface area (Å²) in [6, 6.07) is 0. The summed E-state index contributed by atoms with van der Waals surface area (Å²) in [5.41, 5.74) is 0. The minimum Gasteiger partial charge on any atom is -0.0628 e. The van der Waals surface area contributed by atoms with Crippen LogP contribution in [-0.4, -0.2) is 0 Å². The van der Waals surface area contributed by atoms with Crippen molar-refractivity contribution in [2.75, 3.05) is 0 Å². The van der Waals surface area contributed by atoms with E-state index in [9.17, 15) is 0 Å². The van der Waals surface area contributed by atoms with E-state index < -0.39 is 0 Å². The zero-order chi connectivity index (χ0) is 8.55. The molecule has 0 heteroatoms. The van der Waals surface area contributed by atoms with E-state index in [1.807, 2.05) is 0 Å². The van der Waals surface area contributed by atoms with Crippen LogP contribution in [0.3, 0.4) is 0 Å². The number of hydrogen-bond acceptors (Lipinski definition) is 0. The van der Waals surface area contributed by atoms with Crippen LogP contribution in [0.1, 0.15) is 52.4 Å². The largest absolute Gasteiger partial charge is 0.0628 e. The van der Waals surface area contributed by atoms with E-state index >= 15 is 0 Å². The van der Waals surface area contributed by atoms with Gasteiger partial charge in [0.05, 0.1) is 0 Å². The summed E-state index contributed by atoms with van der Waals surface area (Å²) in [4.78, 5) is 0. The molecule has 2 saturated carbocycles. The lowest BCUT2D eigenvalue weighted by Crippen LogP contribution is -2.17. The van der Waals surface area contributed by atoms with Crippen LogP contribution >= 0.6 is 0 Å². The maximum absolute atomic E-state index is 2.37. The predicted molar refractivity (Wildman–Crippen MR) is 53.0 cm³/mol. The van der Waals surface area contributed by atoms with Gasteiger partial charge in [0.1, 0.15) is 0 Å². The summed E-state index contributed by atoms with van der Waals surface area (Å²) in [5, 5.41) is 0. The maximum Gasteiger partial charge on any atom is -0.0407 e. The molecule has 0 aliphatic heterocycles. The summed E-state index contributed by atoms with van der Waals surface area (Å²) >= 11 is 0. The van der Waals surface area contributed by atoms with Gasteiger partial charge in [0.15, 0.2) is 0 Å². The van der Waals surface area contributed by atoms with Crippen LogP contribution < -0.4 is 0 Å². The van der Waals surface area contributed by atoms with Crippen molar-refractivity contribution in [1.82, 2.24) is 0 Å². The zero-order valence-corrected chi connectivity index (χ0v) is 8.55. The third kappa shape index (κ3) is 1.84. The molecule has 2 bridgehead atoms. The Labute approximate surface area is 76.7 Å². The molecule has 0 aromatic heterocycles. The Balaban J connectivity index is 1.85. The van der Waals surface area contributed by atoms with E-state index in [0.29, 0.717) is 0 Å². The quantitative estimate of drug-likeness (QED) is 0.584. The Kier molecular flexibility index (Phi) is 2.43. The Morgan fingerprint density at radius 1 is 1.00 bits per heavy atom. The first-order valence-corrected chi connectivity index (χ1v) is 5.74. The molecule has 0 nitrogen and oxygen atoms in total. The molecule has 2 unspecified atom stereocenters. The van der Waals surface area contributed by atoms with Gasteiger partial charge in [-0.05, 0) is 49.4 Å². The fraction of sp³-hybridized carbons (Fsp3) is 1.00. The average molecular weight is 166 g/mol. The van der Waals surface area contributed by atoms with Gasteiger partial charge < -0.3 is 0 Å². The van der Waals surface area contributed by atoms with Gasteiger partial charge >= 0.3 is 0 Å². The highest BCUT2D eigenvalue weighted by Gasteiger charge is 2.33. The zero-order valence-electron chi connectivity index (χ0n) is 8.55. The van der Waals surface area contributed by atoms with Gasteiger partial charge in [-0.15, -0.1) is 0 Å². The topological polar surface area (TPSA) is 0 Å². The van der Waals surface area contributed by atoms with Gasteiger partial charge in [-0.25, -0.2) is 0 Å². The Hall–Kier alpha value is 0. The summed E-state index contributed by atoms with van der Waals surface area (Å²) < 4.78 is 0. The van der Waals surface area contributed by atoms with Crippen molar-refractivity contribution in [2.24, 2.45) is 23.7 Å². The van der Waals surface area contributed by atoms with Gasteiger partial charge in [-0.2, -0.15) is 0 Å². The second-order valence-electron chi connectivity index (χ2n) is 5.51. The number of hydrogen-bond donors (Lipinski definition) is 0. The van der Waals surface area contributed by atoms with Crippen LogP contribution in [0.5, 0.6) is 0 Å². The van der Waals surface area contributed by atoms with E-state index in [-0.39, 0.29) is 0 Å². The number of rotatable bonds is 2. The normalized spacial score (nSPS) is 40.8. The third-order valence-electron chi connectivity index (χ3n) is 3.79. The first kappa shape index (κ1) is 8.59. The molecule has 0 saturated heterocycles. The SMILES string of the molecule is CC(C)CC1CC2CC[C@@H](C2)C1. The monoisotopic (exact) mass is 166 g/mol. The minimum atomic E-state index is 0.924. The van der Waals surface area contributed by atoms with E-state index in [1.165, 1.54) is 6.42 Å². The highest BCUT2D eigenvalue weighted by Crippen LogP contribution is 2.46. The maximum atomic E-state index is 2.37. The Morgan fingerprint density at radius 2 is 1.58 bits per heavy atom. The van der Waals surface area contributed by atoms with E-state index in [2.05, 4.69) is 13.8 Å². The fourth-order valence-corrected chi connectivity index (χ4v) is 3.50. The second kappa shape index (κ2) is 3.40. The fourth-order valence-electron chi connectivity index (χ4n) is 3.50. The average Bonchev–Trinajstić information content (AvgIpc) is 2.29. The summed E-state index contributed by atoms with van der Waals surface area (Å²) in [6.07, 6.45) is 9.31. The van der Waals surface area contributed by atoms with Crippen LogP contribution in [0, 0.1) is 23.7 Å². The standard InChI is InChI=1S/C12H22/c1-9(2)5-12-7-10-3-4-11(6-10)8-12/h9-12H,3-8H2,1-2H3/t10-,11?,12?/m0/s1. The lowest BCUT2D eigenvalue weighted by Gasteiger charge is -2.28. The first-order chi connectivity index (χ1) is 5.74. The highest BCUT2D eigenvalue weighted by atomic mass is 14.4. The third-order valence-corrected chi connectivity index (χ3v) is 3.79. The molecule has 0 aromatic rings. The Bertz CT molecular complexity index is 136. The highest BCUT2D eigenvalue weighted by molar-refractivity contribution is 4.85. The van der Waals surface area contributed by atoms with Crippen LogP contribution in [0.25, 0.3) is 0 Å². The molecule has 0 radical (unpaired) electrons. The molecular formula is C12H22. The number of fused-ring (bicyclic) bond motifs is 2. The molecule has 0 spiro atoms. The van der Waals surface area contributed by atoms with Gasteiger partial charge in [-0.3, -0.25) is 0 Å². The smallest absolute Gasteiger partial charge is 0.0407 e. The summed E-state index contributed by atoms with van der Waals surface area (Å²) in [7, 11) is 0. The lowest BCUT2D eigenvalue weighted by molar-refractivity contribution is 0.230. The lowest BCUT2D eigenvalue weighted by atomic mass is 9.77. The van der Waals surface area contributed by atoms with E-state index in [1.54, 1.807) is 32.1 Å². The second-order valence-corrected chi connectivity index (χ2v) is 5.51. The van der Waals surface area contributed by atoms with Crippen molar-refractivity contribution in [3.05, 3.63) is 0 Å². The molecule has 2 aliphatic carbocycles. The molecule has 2 fully saturated rings. The van der Waals surface area contributed by atoms with Crippen molar-refractivity contribution < 1.29 is 0 Å². The molecule has 12 heavy (non-hydrogen) atoms. The molecule has 0 aromatic carbocycles. The van der Waals surface area contributed by atoms with Gasteiger partial charge in [-0.1, -0.05) is 26.7 Å². The van der Waals surface area contributed by atoms with Crippen molar-refractivity contribution in [3.8, 4) is 0 Å². The predicted octanol–water partition coefficient (Wildman–Crippen LogP) is 3.86. The Morgan fingerprint density at radius 3 is 2.08 bits per heavy atom. The van der Waals surface area contributed by atoms with Gasteiger partial charge in [0.2, 0.25) is 0 Å². The molecule has 0 amide bonds. The molecule has 2 aliphatic rings. The molecular weight excluding hydrogens is 144 g/mol.